The molecule has 0 aliphatic heterocycles. The van der Waals surface area contributed by atoms with E-state index < -0.39 is 11.0 Å². The molecule has 0 spiro atoms. The van der Waals surface area contributed by atoms with Crippen LogP contribution < -0.4 is 10.1 Å². The van der Waals surface area contributed by atoms with Gasteiger partial charge in [-0.2, -0.15) is 4.98 Å². The van der Waals surface area contributed by atoms with Crippen LogP contribution in [0, 0.1) is 0 Å². The van der Waals surface area contributed by atoms with Crippen molar-refractivity contribution in [1.82, 2.24) is 19.5 Å². The largest absolute Gasteiger partial charge is 0.475 e. The van der Waals surface area contributed by atoms with Crippen molar-refractivity contribution in [3.8, 4) is 5.88 Å². The number of aryl methyl sites for hydroxylation is 1. The molecule has 0 unspecified atom stereocenters. The van der Waals surface area contributed by atoms with E-state index in [9.17, 15) is 8.42 Å². The summed E-state index contributed by atoms with van der Waals surface area (Å²) < 4.78 is 32.6. The number of pyridine rings is 3. The maximum absolute atomic E-state index is 10.4. The number of aromatic nitrogens is 4. The third kappa shape index (κ3) is 3.73. The average Bonchev–Trinajstić information content (AvgIpc) is 2.98. The third-order valence-electron chi connectivity index (χ3n) is 4.15. The zero-order valence-corrected chi connectivity index (χ0v) is 15.8. The average molecular weight is 399 g/mol. The SMILES string of the molecule is Cn1c2ccncc2c2ccc(Nc3cccc(OCCO[SH](=O)=O)n3)nc21. The first-order valence-electron chi connectivity index (χ1n) is 8.45. The van der Waals surface area contributed by atoms with Gasteiger partial charge >= 0.3 is 0 Å². The highest BCUT2D eigenvalue weighted by Gasteiger charge is 2.10. The Balaban J connectivity index is 1.54. The molecule has 4 aromatic heterocycles. The van der Waals surface area contributed by atoms with Crippen molar-refractivity contribution in [2.24, 2.45) is 7.05 Å². The molecule has 0 saturated carbocycles. The topological polar surface area (TPSA) is 108 Å². The van der Waals surface area contributed by atoms with E-state index in [1.807, 2.05) is 36.0 Å². The van der Waals surface area contributed by atoms with Crippen LogP contribution in [0.15, 0.2) is 48.8 Å². The van der Waals surface area contributed by atoms with Crippen molar-refractivity contribution in [2.45, 2.75) is 0 Å². The lowest BCUT2D eigenvalue weighted by atomic mass is 10.2. The highest BCUT2D eigenvalue weighted by atomic mass is 32.2. The molecular formula is C18H17N5O4S. The van der Waals surface area contributed by atoms with E-state index in [-0.39, 0.29) is 13.2 Å². The van der Waals surface area contributed by atoms with Gasteiger partial charge in [-0.05, 0) is 24.3 Å². The minimum atomic E-state index is -2.87. The molecule has 0 bridgehead atoms. The molecule has 0 atom stereocenters. The molecule has 0 aromatic carbocycles. The van der Waals surface area contributed by atoms with Crippen LogP contribution in [0.3, 0.4) is 0 Å². The number of rotatable bonds is 7. The third-order valence-corrected chi connectivity index (χ3v) is 4.55. The Kier molecular flexibility index (Phi) is 5.04. The summed E-state index contributed by atoms with van der Waals surface area (Å²) in [4.78, 5) is 13.2. The number of nitrogens with zero attached hydrogens (tertiary/aromatic N) is 4. The molecule has 0 aliphatic carbocycles. The smallest absolute Gasteiger partial charge is 0.257 e. The molecule has 0 fully saturated rings. The van der Waals surface area contributed by atoms with E-state index in [0.717, 1.165) is 21.9 Å². The highest BCUT2D eigenvalue weighted by Crippen LogP contribution is 2.27. The van der Waals surface area contributed by atoms with Crippen LogP contribution in [-0.4, -0.2) is 41.2 Å². The van der Waals surface area contributed by atoms with Gasteiger partial charge in [-0.1, -0.05) is 6.07 Å². The van der Waals surface area contributed by atoms with Gasteiger partial charge in [0.2, 0.25) is 5.88 Å². The molecule has 4 heterocycles. The van der Waals surface area contributed by atoms with Crippen molar-refractivity contribution >= 4 is 44.6 Å². The van der Waals surface area contributed by atoms with Crippen LogP contribution in [0.4, 0.5) is 11.6 Å². The summed E-state index contributed by atoms with van der Waals surface area (Å²) in [5, 5.41) is 5.23. The lowest BCUT2D eigenvalue weighted by Gasteiger charge is -2.08. The van der Waals surface area contributed by atoms with E-state index in [1.54, 1.807) is 24.4 Å². The van der Waals surface area contributed by atoms with Gasteiger partial charge in [0.1, 0.15) is 30.5 Å². The number of hydrogen-bond acceptors (Lipinski definition) is 8. The molecule has 0 aliphatic rings. The minimum absolute atomic E-state index is 0.0633. The maximum atomic E-state index is 10.4. The first-order valence-corrected chi connectivity index (χ1v) is 9.55. The Morgan fingerprint density at radius 2 is 1.89 bits per heavy atom. The summed E-state index contributed by atoms with van der Waals surface area (Å²) in [6.07, 6.45) is 3.59. The quantitative estimate of drug-likeness (QED) is 0.360. The molecule has 10 heteroatoms. The molecule has 4 aromatic rings. The Hall–Kier alpha value is -3.24. The van der Waals surface area contributed by atoms with Crippen LogP contribution in [0.2, 0.25) is 0 Å². The zero-order valence-electron chi connectivity index (χ0n) is 14.9. The summed E-state index contributed by atoms with van der Waals surface area (Å²) in [6.45, 7) is 0.0140. The molecular weight excluding hydrogens is 382 g/mol. The molecule has 4 rings (SSSR count). The Bertz CT molecular complexity index is 1210. The van der Waals surface area contributed by atoms with Gasteiger partial charge < -0.3 is 14.6 Å². The lowest BCUT2D eigenvalue weighted by molar-refractivity contribution is 0.221. The zero-order chi connectivity index (χ0) is 19.5. The second-order valence-electron chi connectivity index (χ2n) is 5.91. The predicted octanol–water partition coefficient (Wildman–Crippen LogP) is 2.18. The van der Waals surface area contributed by atoms with Gasteiger partial charge in [-0.3, -0.25) is 9.17 Å². The normalized spacial score (nSPS) is 11.4. The van der Waals surface area contributed by atoms with E-state index in [4.69, 9.17) is 4.74 Å². The van der Waals surface area contributed by atoms with Crippen molar-refractivity contribution in [2.75, 3.05) is 18.5 Å². The van der Waals surface area contributed by atoms with Gasteiger partial charge in [-0.15, -0.1) is 0 Å². The molecule has 0 radical (unpaired) electrons. The summed E-state index contributed by atoms with van der Waals surface area (Å²) >= 11 is 0. The molecule has 0 amide bonds. The van der Waals surface area contributed by atoms with Crippen molar-refractivity contribution in [3.63, 3.8) is 0 Å². The minimum Gasteiger partial charge on any atom is -0.475 e. The fourth-order valence-corrected chi connectivity index (χ4v) is 3.16. The Morgan fingerprint density at radius 1 is 1.04 bits per heavy atom. The summed E-state index contributed by atoms with van der Waals surface area (Å²) in [5.41, 5.74) is 1.90. The summed E-state index contributed by atoms with van der Waals surface area (Å²) in [7, 11) is -0.909. The second kappa shape index (κ2) is 7.79. The molecule has 144 valence electrons. The van der Waals surface area contributed by atoms with E-state index >= 15 is 0 Å². The fourth-order valence-electron chi connectivity index (χ4n) is 2.94. The van der Waals surface area contributed by atoms with Gasteiger partial charge in [0.25, 0.3) is 11.0 Å². The first kappa shape index (κ1) is 18.1. The lowest BCUT2D eigenvalue weighted by Crippen LogP contribution is -2.07. The van der Waals surface area contributed by atoms with Crippen LogP contribution in [0.1, 0.15) is 0 Å². The van der Waals surface area contributed by atoms with Crippen LogP contribution in [0.5, 0.6) is 5.88 Å². The molecule has 0 saturated heterocycles. The summed E-state index contributed by atoms with van der Waals surface area (Å²) in [6, 6.07) is 11.1. The van der Waals surface area contributed by atoms with Gasteiger partial charge in [0.05, 0.1) is 5.52 Å². The number of thiol groups is 1. The van der Waals surface area contributed by atoms with Gasteiger partial charge in [0.15, 0.2) is 0 Å². The van der Waals surface area contributed by atoms with Crippen molar-refractivity contribution in [1.29, 1.82) is 0 Å². The van der Waals surface area contributed by atoms with Crippen molar-refractivity contribution < 1.29 is 17.3 Å². The van der Waals surface area contributed by atoms with Gasteiger partial charge in [0, 0.05) is 36.3 Å². The molecule has 1 N–H and O–H groups in total. The van der Waals surface area contributed by atoms with Gasteiger partial charge in [-0.25, -0.2) is 13.4 Å². The number of ether oxygens (including phenoxy) is 1. The van der Waals surface area contributed by atoms with Crippen molar-refractivity contribution in [3.05, 3.63) is 48.8 Å². The number of fused-ring (bicyclic) bond motifs is 3. The fraction of sp³-hybridized carbons (Fsp3) is 0.167. The Labute approximate surface area is 162 Å². The number of anilines is 2. The van der Waals surface area contributed by atoms with E-state index in [0.29, 0.717) is 17.5 Å². The first-order chi connectivity index (χ1) is 13.6. The highest BCUT2D eigenvalue weighted by molar-refractivity contribution is 7.67. The number of nitrogens with one attached hydrogen (secondary N) is 1. The van der Waals surface area contributed by atoms with Crippen LogP contribution in [0.25, 0.3) is 21.9 Å². The van der Waals surface area contributed by atoms with Crippen LogP contribution >= 0.6 is 0 Å². The monoisotopic (exact) mass is 399 g/mol. The molecule has 28 heavy (non-hydrogen) atoms. The van der Waals surface area contributed by atoms with Crippen LogP contribution in [-0.2, 0) is 22.2 Å². The number of hydrogen-bond donors (Lipinski definition) is 2. The summed E-state index contributed by atoms with van der Waals surface area (Å²) in [5.74, 6) is 1.55. The second-order valence-corrected chi connectivity index (χ2v) is 6.62. The predicted molar refractivity (Wildman–Crippen MR) is 105 cm³/mol. The Morgan fingerprint density at radius 3 is 2.75 bits per heavy atom. The maximum Gasteiger partial charge on any atom is 0.257 e. The van der Waals surface area contributed by atoms with E-state index in [2.05, 4.69) is 24.5 Å². The molecule has 9 nitrogen and oxygen atoms in total. The van der Waals surface area contributed by atoms with E-state index in [1.165, 1.54) is 0 Å². The standard InChI is InChI=1S/C18H17N5O4S/c1-23-14-7-8-19-11-13(14)12-5-6-16(22-18(12)23)20-15-3-2-4-17(21-15)26-9-10-27-28(24)25/h2-8,11,28H,9-10H2,1H3,(H,20,21,22).